The summed E-state index contributed by atoms with van der Waals surface area (Å²) in [5.41, 5.74) is 0. The highest BCUT2D eigenvalue weighted by atomic mass is 32.2. The Bertz CT molecular complexity index is 216. The van der Waals surface area contributed by atoms with E-state index >= 15 is 0 Å². The molecule has 0 saturated carbocycles. The maximum absolute atomic E-state index is 4.73. The first-order valence-electron chi connectivity index (χ1n) is 6.70. The molecule has 2 atom stereocenters. The van der Waals surface area contributed by atoms with Crippen molar-refractivity contribution in [1.29, 1.82) is 0 Å². The van der Waals surface area contributed by atoms with Crippen molar-refractivity contribution in [3.63, 3.8) is 0 Å². The molecule has 3 heteroatoms. The summed E-state index contributed by atoms with van der Waals surface area (Å²) < 4.78 is 0. The van der Waals surface area contributed by atoms with E-state index in [0.717, 1.165) is 12.5 Å². The lowest BCUT2D eigenvalue weighted by Crippen LogP contribution is -2.35. The largest absolute Gasteiger partial charge is 0.362 e. The highest BCUT2D eigenvalue weighted by Crippen LogP contribution is 2.16. The topological polar surface area (TPSA) is 24.4 Å². The number of hydrogen-bond acceptors (Lipinski definition) is 2. The quantitative estimate of drug-likeness (QED) is 0.768. The number of nitrogens with one attached hydrogen (secondary N) is 1. The minimum atomic E-state index is 0.607. The van der Waals surface area contributed by atoms with Crippen LogP contribution in [0.4, 0.5) is 0 Å². The van der Waals surface area contributed by atoms with Crippen LogP contribution >= 0.6 is 11.8 Å². The van der Waals surface area contributed by atoms with Crippen molar-refractivity contribution in [3.05, 3.63) is 0 Å². The third kappa shape index (κ3) is 5.24. The first kappa shape index (κ1) is 13.9. The zero-order valence-electron chi connectivity index (χ0n) is 11.0. The molecule has 1 N–H and O–H groups in total. The van der Waals surface area contributed by atoms with Crippen LogP contribution in [0.15, 0.2) is 4.99 Å². The normalized spacial score (nSPS) is 25.4. The number of amidine groups is 1. The van der Waals surface area contributed by atoms with Crippen molar-refractivity contribution in [2.24, 2.45) is 10.9 Å². The molecule has 1 fully saturated rings. The van der Waals surface area contributed by atoms with Crippen molar-refractivity contribution >= 4 is 16.9 Å². The zero-order valence-corrected chi connectivity index (χ0v) is 11.8. The van der Waals surface area contributed by atoms with E-state index in [9.17, 15) is 0 Å². The Hall–Kier alpha value is -0.180. The number of rotatable bonds is 6. The molecule has 0 aromatic rings. The van der Waals surface area contributed by atoms with Gasteiger partial charge in [-0.1, -0.05) is 44.9 Å². The van der Waals surface area contributed by atoms with Crippen LogP contribution in [0.3, 0.4) is 0 Å². The summed E-state index contributed by atoms with van der Waals surface area (Å²) >= 11 is 1.88. The third-order valence-electron chi connectivity index (χ3n) is 3.20. The average molecular weight is 242 g/mol. The van der Waals surface area contributed by atoms with Gasteiger partial charge in [0.05, 0.1) is 0 Å². The van der Waals surface area contributed by atoms with Gasteiger partial charge in [-0.2, -0.15) is 0 Å². The molecule has 0 aromatic heterocycles. The summed E-state index contributed by atoms with van der Waals surface area (Å²) in [6.07, 6.45) is 6.51. The molecular weight excluding hydrogens is 216 g/mol. The van der Waals surface area contributed by atoms with Crippen LogP contribution in [0.5, 0.6) is 0 Å². The van der Waals surface area contributed by atoms with Gasteiger partial charge >= 0.3 is 0 Å². The van der Waals surface area contributed by atoms with Crippen LogP contribution < -0.4 is 5.32 Å². The molecule has 1 saturated heterocycles. The maximum Gasteiger partial charge on any atom is 0.156 e. The van der Waals surface area contributed by atoms with Crippen LogP contribution in [0.25, 0.3) is 0 Å². The van der Waals surface area contributed by atoms with Crippen molar-refractivity contribution in [3.8, 4) is 0 Å². The van der Waals surface area contributed by atoms with Gasteiger partial charge in [0.1, 0.15) is 0 Å². The first-order valence-corrected chi connectivity index (χ1v) is 7.68. The average Bonchev–Trinajstić information content (AvgIpc) is 2.29. The van der Waals surface area contributed by atoms with Gasteiger partial charge < -0.3 is 5.32 Å². The van der Waals surface area contributed by atoms with E-state index in [4.69, 9.17) is 4.99 Å². The fourth-order valence-corrected chi connectivity index (χ4v) is 2.99. The second kappa shape index (κ2) is 7.99. The summed E-state index contributed by atoms with van der Waals surface area (Å²) in [6.45, 7) is 7.80. The van der Waals surface area contributed by atoms with Gasteiger partial charge in [0.25, 0.3) is 0 Å². The van der Waals surface area contributed by atoms with Crippen molar-refractivity contribution in [2.45, 2.75) is 58.9 Å². The summed E-state index contributed by atoms with van der Waals surface area (Å²) in [4.78, 5) is 4.73. The molecule has 1 aliphatic heterocycles. The first-order chi connectivity index (χ1) is 7.76. The Morgan fingerprint density at radius 3 is 2.94 bits per heavy atom. The van der Waals surface area contributed by atoms with E-state index in [-0.39, 0.29) is 0 Å². The van der Waals surface area contributed by atoms with E-state index in [1.807, 2.05) is 11.8 Å². The number of aliphatic imine (C=N–C) groups is 1. The van der Waals surface area contributed by atoms with Gasteiger partial charge in [0.15, 0.2) is 5.17 Å². The van der Waals surface area contributed by atoms with Crippen molar-refractivity contribution in [1.82, 2.24) is 5.32 Å². The molecule has 0 bridgehead atoms. The molecule has 0 aromatic carbocycles. The highest BCUT2D eigenvalue weighted by Gasteiger charge is 2.13. The van der Waals surface area contributed by atoms with E-state index in [1.54, 1.807) is 0 Å². The molecule has 1 rings (SSSR count). The van der Waals surface area contributed by atoms with Crippen LogP contribution in [-0.2, 0) is 0 Å². The van der Waals surface area contributed by atoms with Gasteiger partial charge in [0.2, 0.25) is 0 Å². The second-order valence-corrected chi connectivity index (χ2v) is 5.83. The van der Waals surface area contributed by atoms with Crippen LogP contribution in [0.2, 0.25) is 0 Å². The monoisotopic (exact) mass is 242 g/mol. The van der Waals surface area contributed by atoms with Crippen LogP contribution in [-0.4, -0.2) is 23.5 Å². The van der Waals surface area contributed by atoms with Crippen LogP contribution in [0, 0.1) is 5.92 Å². The van der Waals surface area contributed by atoms with Crippen molar-refractivity contribution in [2.75, 3.05) is 12.3 Å². The fourth-order valence-electron chi connectivity index (χ4n) is 1.88. The minimum Gasteiger partial charge on any atom is -0.362 e. The summed E-state index contributed by atoms with van der Waals surface area (Å²) in [5.74, 6) is 2.01. The molecule has 0 radical (unpaired) electrons. The van der Waals surface area contributed by atoms with Gasteiger partial charge in [-0.05, 0) is 25.7 Å². The third-order valence-corrected chi connectivity index (χ3v) is 4.16. The predicted octanol–water partition coefficient (Wildman–Crippen LogP) is 3.67. The molecule has 16 heavy (non-hydrogen) atoms. The van der Waals surface area contributed by atoms with Crippen LogP contribution in [0.1, 0.15) is 52.9 Å². The molecular formula is C13H26N2S. The molecule has 1 heterocycles. The lowest BCUT2D eigenvalue weighted by molar-refractivity contribution is 0.462. The number of thioether (sulfide) groups is 1. The summed E-state index contributed by atoms with van der Waals surface area (Å²) in [6, 6.07) is 0.607. The molecule has 2 nitrogen and oxygen atoms in total. The van der Waals surface area contributed by atoms with Gasteiger partial charge in [-0.25, -0.2) is 0 Å². The maximum atomic E-state index is 4.73. The Morgan fingerprint density at radius 1 is 1.50 bits per heavy atom. The fraction of sp³-hybridized carbons (Fsp3) is 0.923. The summed E-state index contributed by atoms with van der Waals surface area (Å²) in [7, 11) is 0. The van der Waals surface area contributed by atoms with E-state index in [1.165, 1.54) is 43.0 Å². The lowest BCUT2D eigenvalue weighted by Gasteiger charge is -2.22. The van der Waals surface area contributed by atoms with Gasteiger partial charge in [0, 0.05) is 18.3 Å². The lowest BCUT2D eigenvalue weighted by atomic mass is 10.00. The Labute approximate surface area is 105 Å². The molecule has 2 unspecified atom stereocenters. The predicted molar refractivity (Wildman–Crippen MR) is 75.3 cm³/mol. The SMILES string of the molecule is CCCCC(CC)CN=C1NC(C)CCS1. The standard InChI is InChI=1S/C13H26N2S/c1-4-6-7-12(5-2)10-14-13-15-11(3)8-9-16-13/h11-12H,4-10H2,1-3H3,(H,14,15). The van der Waals surface area contributed by atoms with Gasteiger partial charge in [-0.15, -0.1) is 0 Å². The van der Waals surface area contributed by atoms with E-state index in [2.05, 4.69) is 26.1 Å². The van der Waals surface area contributed by atoms with E-state index in [0.29, 0.717) is 6.04 Å². The zero-order chi connectivity index (χ0) is 11.8. The van der Waals surface area contributed by atoms with Crippen molar-refractivity contribution < 1.29 is 0 Å². The second-order valence-electron chi connectivity index (χ2n) is 4.74. The molecule has 94 valence electrons. The number of unbranched alkanes of at least 4 members (excludes halogenated alkanes) is 1. The smallest absolute Gasteiger partial charge is 0.156 e. The Balaban J connectivity index is 2.31. The summed E-state index contributed by atoms with van der Waals surface area (Å²) in [5, 5.41) is 4.64. The van der Waals surface area contributed by atoms with E-state index < -0.39 is 0 Å². The molecule has 0 spiro atoms. The molecule has 0 amide bonds. The number of nitrogens with zero attached hydrogens (tertiary/aromatic N) is 1. The Kier molecular flexibility index (Phi) is 6.93. The molecule has 1 aliphatic rings. The highest BCUT2D eigenvalue weighted by molar-refractivity contribution is 8.13. The number of hydrogen-bond donors (Lipinski definition) is 1. The van der Waals surface area contributed by atoms with Gasteiger partial charge in [-0.3, -0.25) is 4.99 Å². The molecule has 0 aliphatic carbocycles. The minimum absolute atomic E-state index is 0.607. The Morgan fingerprint density at radius 2 is 2.31 bits per heavy atom.